The summed E-state index contributed by atoms with van der Waals surface area (Å²) >= 11 is 0. The molecule has 1 saturated heterocycles. The van der Waals surface area contributed by atoms with Gasteiger partial charge in [-0.15, -0.1) is 0 Å². The van der Waals surface area contributed by atoms with Crippen LogP contribution in [0.3, 0.4) is 0 Å². The van der Waals surface area contributed by atoms with Gasteiger partial charge in [0.15, 0.2) is 0 Å². The van der Waals surface area contributed by atoms with Crippen molar-refractivity contribution in [2.24, 2.45) is 0 Å². The van der Waals surface area contributed by atoms with Crippen molar-refractivity contribution >= 4 is 5.91 Å². The van der Waals surface area contributed by atoms with Gasteiger partial charge >= 0.3 is 0 Å². The Morgan fingerprint density at radius 1 is 0.967 bits per heavy atom. The molecule has 0 aliphatic carbocycles. The first-order chi connectivity index (χ1) is 14.6. The second-order valence-corrected chi connectivity index (χ2v) is 8.00. The van der Waals surface area contributed by atoms with Crippen molar-refractivity contribution in [1.29, 1.82) is 0 Å². The quantitative estimate of drug-likeness (QED) is 0.649. The van der Waals surface area contributed by atoms with Crippen LogP contribution in [0.25, 0.3) is 0 Å². The van der Waals surface area contributed by atoms with E-state index < -0.39 is 0 Å². The molecule has 2 unspecified atom stereocenters. The normalized spacial score (nSPS) is 20.9. The highest BCUT2D eigenvalue weighted by Gasteiger charge is 2.44. The van der Waals surface area contributed by atoms with Crippen molar-refractivity contribution in [2.75, 3.05) is 20.2 Å². The van der Waals surface area contributed by atoms with Crippen LogP contribution in [0, 0.1) is 5.82 Å². The van der Waals surface area contributed by atoms with Crippen LogP contribution >= 0.6 is 0 Å². The number of aromatic nitrogens is 1. The molecule has 2 atom stereocenters. The van der Waals surface area contributed by atoms with Crippen LogP contribution in [0.2, 0.25) is 0 Å². The molecule has 2 aliphatic rings. The summed E-state index contributed by atoms with van der Waals surface area (Å²) in [5.41, 5.74) is 2.48. The fraction of sp³-hybridized carbons (Fsp3) is 0.292. The highest BCUT2D eigenvalue weighted by atomic mass is 19.1. The van der Waals surface area contributed by atoms with E-state index in [-0.39, 0.29) is 23.8 Å². The van der Waals surface area contributed by atoms with E-state index in [0.717, 1.165) is 30.1 Å². The molecule has 154 valence electrons. The van der Waals surface area contributed by atoms with E-state index in [0.29, 0.717) is 18.7 Å². The summed E-state index contributed by atoms with van der Waals surface area (Å²) in [7, 11) is 1.64. The molecule has 1 amide bonds. The Balaban J connectivity index is 1.42. The fourth-order valence-corrected chi connectivity index (χ4v) is 4.70. The van der Waals surface area contributed by atoms with E-state index >= 15 is 0 Å². The first-order valence-corrected chi connectivity index (χ1v) is 10.2. The standard InChI is InChI=1S/C24H24FN3O2/c1-30-19-10-8-17(9-11-19)13-28-23-16-26(14-18-5-2-3-6-20(18)25)15-22(23)27-12-4-7-21(27)24(28)29/h2-12,22-23H,13-16H2,1H3. The van der Waals surface area contributed by atoms with Crippen LogP contribution in [0.4, 0.5) is 4.39 Å². The lowest BCUT2D eigenvalue weighted by molar-refractivity contribution is 0.0556. The second kappa shape index (κ2) is 7.61. The highest BCUT2D eigenvalue weighted by molar-refractivity contribution is 5.94. The minimum Gasteiger partial charge on any atom is -0.497 e. The summed E-state index contributed by atoms with van der Waals surface area (Å²) in [4.78, 5) is 17.5. The fourth-order valence-electron chi connectivity index (χ4n) is 4.70. The lowest BCUT2D eigenvalue weighted by Crippen LogP contribution is -2.49. The number of amides is 1. The number of carbonyl (C=O) groups excluding carboxylic acids is 1. The Bertz CT molecular complexity index is 1060. The Morgan fingerprint density at radius 3 is 2.50 bits per heavy atom. The maximum Gasteiger partial charge on any atom is 0.271 e. The molecule has 2 aromatic carbocycles. The van der Waals surface area contributed by atoms with E-state index in [1.54, 1.807) is 13.2 Å². The van der Waals surface area contributed by atoms with Crippen LogP contribution in [0.5, 0.6) is 5.75 Å². The molecular weight excluding hydrogens is 381 g/mol. The number of carbonyl (C=O) groups is 1. The first-order valence-electron chi connectivity index (χ1n) is 10.2. The van der Waals surface area contributed by atoms with Crippen LogP contribution in [0.15, 0.2) is 66.9 Å². The number of likely N-dealkylation sites (tertiary alicyclic amines) is 1. The van der Waals surface area contributed by atoms with Crippen LogP contribution in [0.1, 0.15) is 27.7 Å². The number of rotatable bonds is 5. The molecule has 0 saturated carbocycles. The molecule has 2 aliphatic heterocycles. The SMILES string of the molecule is COc1ccc(CN2C(=O)c3cccn3C3CN(Cc4ccccc4F)CC32)cc1. The van der Waals surface area contributed by atoms with Gasteiger partial charge in [-0.2, -0.15) is 0 Å². The van der Waals surface area contributed by atoms with Crippen LogP contribution in [-0.2, 0) is 13.1 Å². The minimum absolute atomic E-state index is 0.0461. The van der Waals surface area contributed by atoms with E-state index in [4.69, 9.17) is 4.74 Å². The molecule has 3 aromatic rings. The van der Waals surface area contributed by atoms with Gasteiger partial charge in [0.2, 0.25) is 0 Å². The van der Waals surface area contributed by atoms with Gasteiger partial charge in [-0.1, -0.05) is 30.3 Å². The molecule has 6 heteroatoms. The zero-order chi connectivity index (χ0) is 20.7. The maximum absolute atomic E-state index is 14.2. The van der Waals surface area contributed by atoms with E-state index in [1.807, 2.05) is 59.6 Å². The molecule has 1 aromatic heterocycles. The smallest absolute Gasteiger partial charge is 0.271 e. The van der Waals surface area contributed by atoms with Crippen molar-refractivity contribution in [2.45, 2.75) is 25.2 Å². The van der Waals surface area contributed by atoms with Crippen molar-refractivity contribution in [3.05, 3.63) is 89.5 Å². The Morgan fingerprint density at radius 2 is 1.73 bits per heavy atom. The van der Waals surface area contributed by atoms with Gasteiger partial charge in [-0.25, -0.2) is 4.39 Å². The van der Waals surface area contributed by atoms with Gasteiger partial charge in [0.1, 0.15) is 17.3 Å². The van der Waals surface area contributed by atoms with Crippen molar-refractivity contribution < 1.29 is 13.9 Å². The number of fused-ring (bicyclic) bond motifs is 3. The monoisotopic (exact) mass is 405 g/mol. The average Bonchev–Trinajstić information content (AvgIpc) is 3.40. The van der Waals surface area contributed by atoms with Gasteiger partial charge < -0.3 is 14.2 Å². The second-order valence-electron chi connectivity index (χ2n) is 8.00. The first kappa shape index (κ1) is 18.9. The maximum atomic E-state index is 14.2. The molecular formula is C24H24FN3O2. The zero-order valence-corrected chi connectivity index (χ0v) is 16.9. The van der Waals surface area contributed by atoms with Crippen molar-refractivity contribution in [3.63, 3.8) is 0 Å². The van der Waals surface area contributed by atoms with Gasteiger partial charge in [-0.3, -0.25) is 9.69 Å². The topological polar surface area (TPSA) is 37.7 Å². The van der Waals surface area contributed by atoms with Crippen LogP contribution in [-0.4, -0.2) is 46.5 Å². The average molecular weight is 405 g/mol. The third-order valence-electron chi connectivity index (χ3n) is 6.21. The number of hydrogen-bond donors (Lipinski definition) is 0. The number of nitrogens with zero attached hydrogens (tertiary/aromatic N) is 3. The summed E-state index contributed by atoms with van der Waals surface area (Å²) in [6.45, 7) is 2.59. The third kappa shape index (κ3) is 3.27. The number of ether oxygens (including phenoxy) is 1. The summed E-state index contributed by atoms with van der Waals surface area (Å²) in [5, 5.41) is 0. The van der Waals surface area contributed by atoms with Gasteiger partial charge in [0.25, 0.3) is 5.91 Å². The highest BCUT2D eigenvalue weighted by Crippen LogP contribution is 2.35. The Labute approximate surface area is 175 Å². The molecule has 0 radical (unpaired) electrons. The largest absolute Gasteiger partial charge is 0.497 e. The molecule has 3 heterocycles. The summed E-state index contributed by atoms with van der Waals surface area (Å²) < 4.78 is 21.5. The van der Waals surface area contributed by atoms with Gasteiger partial charge in [0, 0.05) is 37.9 Å². The third-order valence-corrected chi connectivity index (χ3v) is 6.21. The predicted molar refractivity (Wildman–Crippen MR) is 112 cm³/mol. The summed E-state index contributed by atoms with van der Waals surface area (Å²) in [5.74, 6) is 0.664. The Hall–Kier alpha value is -3.12. The summed E-state index contributed by atoms with van der Waals surface area (Å²) in [6.07, 6.45) is 1.99. The number of benzene rings is 2. The van der Waals surface area contributed by atoms with Crippen molar-refractivity contribution in [3.8, 4) is 5.75 Å². The predicted octanol–water partition coefficient (Wildman–Crippen LogP) is 3.72. The number of hydrogen-bond acceptors (Lipinski definition) is 3. The van der Waals surface area contributed by atoms with Crippen molar-refractivity contribution in [1.82, 2.24) is 14.4 Å². The van der Waals surface area contributed by atoms with Gasteiger partial charge in [-0.05, 0) is 35.9 Å². The molecule has 0 N–H and O–H groups in total. The van der Waals surface area contributed by atoms with E-state index in [1.165, 1.54) is 6.07 Å². The van der Waals surface area contributed by atoms with E-state index in [9.17, 15) is 9.18 Å². The Kier molecular flexibility index (Phi) is 4.79. The number of halogens is 1. The zero-order valence-electron chi connectivity index (χ0n) is 16.9. The molecule has 1 fully saturated rings. The molecule has 5 rings (SSSR count). The minimum atomic E-state index is -0.180. The lowest BCUT2D eigenvalue weighted by atomic mass is 10.0. The lowest BCUT2D eigenvalue weighted by Gasteiger charge is -2.38. The molecule has 0 spiro atoms. The van der Waals surface area contributed by atoms with Crippen LogP contribution < -0.4 is 4.74 Å². The molecule has 5 nitrogen and oxygen atoms in total. The van der Waals surface area contributed by atoms with Gasteiger partial charge in [0.05, 0.1) is 19.2 Å². The summed E-state index contributed by atoms with van der Waals surface area (Å²) in [6, 6.07) is 18.8. The molecule has 0 bridgehead atoms. The number of methoxy groups -OCH3 is 1. The van der Waals surface area contributed by atoms with E-state index in [2.05, 4.69) is 9.47 Å². The molecule has 30 heavy (non-hydrogen) atoms.